The minimum atomic E-state index is -0.736. The van der Waals surface area contributed by atoms with E-state index in [2.05, 4.69) is 36.4 Å². The molecule has 0 aliphatic rings. The van der Waals surface area contributed by atoms with Gasteiger partial charge in [-0.2, -0.15) is 0 Å². The quantitative estimate of drug-likeness (QED) is 0.439. The zero-order valence-electron chi connectivity index (χ0n) is 17.0. The molecule has 1 aromatic rings. The smallest absolute Gasteiger partial charge is 0.191 e. The number of rotatable bonds is 10. The molecule has 0 aliphatic carbocycles. The number of hydrogen-bond acceptors (Lipinski definition) is 4. The highest BCUT2D eigenvalue weighted by molar-refractivity contribution is 5.80. The van der Waals surface area contributed by atoms with Crippen LogP contribution in [0.25, 0.3) is 0 Å². The lowest BCUT2D eigenvalue weighted by Crippen LogP contribution is -2.42. The summed E-state index contributed by atoms with van der Waals surface area (Å²) in [5.41, 5.74) is 0.716. The van der Waals surface area contributed by atoms with Crippen LogP contribution in [0.3, 0.4) is 0 Å². The summed E-state index contributed by atoms with van der Waals surface area (Å²) in [5.74, 6) is 2.70. The van der Waals surface area contributed by atoms with Crippen molar-refractivity contribution < 1.29 is 14.6 Å². The van der Waals surface area contributed by atoms with Crippen molar-refractivity contribution in [3.63, 3.8) is 0 Å². The molecule has 0 radical (unpaired) electrons. The SMILES string of the molecule is CCNC(=NCC(O)c1cc(OC)cc(OC)c1)NC(C)CCC(C)C. The Balaban J connectivity index is 2.76. The molecule has 0 amide bonds. The number of guanidine groups is 1. The minimum Gasteiger partial charge on any atom is -0.497 e. The van der Waals surface area contributed by atoms with E-state index >= 15 is 0 Å². The molecule has 0 bridgehead atoms. The van der Waals surface area contributed by atoms with Gasteiger partial charge in [0.05, 0.1) is 26.9 Å². The largest absolute Gasteiger partial charge is 0.497 e. The van der Waals surface area contributed by atoms with Gasteiger partial charge in [0.2, 0.25) is 0 Å². The van der Waals surface area contributed by atoms with E-state index in [0.717, 1.165) is 18.9 Å². The van der Waals surface area contributed by atoms with Gasteiger partial charge in [-0.3, -0.25) is 4.99 Å². The second-order valence-electron chi connectivity index (χ2n) is 6.90. The van der Waals surface area contributed by atoms with E-state index in [1.807, 2.05) is 6.92 Å². The van der Waals surface area contributed by atoms with Gasteiger partial charge in [0.15, 0.2) is 5.96 Å². The monoisotopic (exact) mass is 365 g/mol. The van der Waals surface area contributed by atoms with Gasteiger partial charge < -0.3 is 25.2 Å². The van der Waals surface area contributed by atoms with Crippen LogP contribution in [-0.4, -0.2) is 44.4 Å². The van der Waals surface area contributed by atoms with Crippen LogP contribution in [0, 0.1) is 5.92 Å². The summed E-state index contributed by atoms with van der Waals surface area (Å²) in [6.07, 6.45) is 1.51. The second-order valence-corrected chi connectivity index (χ2v) is 6.90. The Hall–Kier alpha value is -1.95. The number of methoxy groups -OCH3 is 2. The first-order valence-corrected chi connectivity index (χ1v) is 9.35. The van der Waals surface area contributed by atoms with Gasteiger partial charge in [-0.15, -0.1) is 0 Å². The van der Waals surface area contributed by atoms with Crippen molar-refractivity contribution in [2.45, 2.75) is 52.7 Å². The molecule has 0 saturated carbocycles. The molecule has 0 heterocycles. The first-order chi connectivity index (χ1) is 12.4. The Morgan fingerprint density at radius 3 is 2.19 bits per heavy atom. The minimum absolute atomic E-state index is 0.253. The van der Waals surface area contributed by atoms with Crippen molar-refractivity contribution >= 4 is 5.96 Å². The zero-order chi connectivity index (χ0) is 19.5. The van der Waals surface area contributed by atoms with Crippen molar-refractivity contribution in [1.29, 1.82) is 0 Å². The molecule has 2 atom stereocenters. The van der Waals surface area contributed by atoms with Crippen molar-refractivity contribution in [2.75, 3.05) is 27.3 Å². The van der Waals surface area contributed by atoms with Crippen LogP contribution in [0.2, 0.25) is 0 Å². The van der Waals surface area contributed by atoms with Crippen molar-refractivity contribution in [1.82, 2.24) is 10.6 Å². The second kappa shape index (κ2) is 11.6. The summed E-state index contributed by atoms with van der Waals surface area (Å²) in [4.78, 5) is 4.53. The summed E-state index contributed by atoms with van der Waals surface area (Å²) < 4.78 is 10.5. The summed E-state index contributed by atoms with van der Waals surface area (Å²) in [6, 6.07) is 5.70. The number of aliphatic hydroxyl groups excluding tert-OH is 1. The topological polar surface area (TPSA) is 75.1 Å². The fraction of sp³-hybridized carbons (Fsp3) is 0.650. The number of benzene rings is 1. The predicted molar refractivity (Wildman–Crippen MR) is 107 cm³/mol. The molecule has 0 fully saturated rings. The van der Waals surface area contributed by atoms with Crippen molar-refractivity contribution in [2.24, 2.45) is 10.9 Å². The van der Waals surface area contributed by atoms with Gasteiger partial charge >= 0.3 is 0 Å². The van der Waals surface area contributed by atoms with E-state index in [-0.39, 0.29) is 6.54 Å². The molecule has 148 valence electrons. The van der Waals surface area contributed by atoms with Crippen molar-refractivity contribution in [3.05, 3.63) is 23.8 Å². The fourth-order valence-corrected chi connectivity index (χ4v) is 2.51. The normalized spacial score (nSPS) is 14.1. The Morgan fingerprint density at radius 1 is 1.08 bits per heavy atom. The maximum atomic E-state index is 10.5. The fourth-order valence-electron chi connectivity index (χ4n) is 2.51. The number of hydrogen-bond donors (Lipinski definition) is 3. The van der Waals surface area contributed by atoms with Crippen LogP contribution < -0.4 is 20.1 Å². The molecule has 2 unspecified atom stereocenters. The molecule has 1 rings (SSSR count). The van der Waals surface area contributed by atoms with Gasteiger partial charge in [0.1, 0.15) is 11.5 Å². The van der Waals surface area contributed by atoms with E-state index in [0.29, 0.717) is 29.0 Å². The number of nitrogens with zero attached hydrogens (tertiary/aromatic N) is 1. The van der Waals surface area contributed by atoms with Crippen LogP contribution >= 0.6 is 0 Å². The lowest BCUT2D eigenvalue weighted by atomic mass is 10.0. The lowest BCUT2D eigenvalue weighted by Gasteiger charge is -2.19. The van der Waals surface area contributed by atoms with Gasteiger partial charge in [0.25, 0.3) is 0 Å². The predicted octanol–water partition coefficient (Wildman–Crippen LogP) is 3.12. The van der Waals surface area contributed by atoms with Gasteiger partial charge in [-0.1, -0.05) is 13.8 Å². The highest BCUT2D eigenvalue weighted by atomic mass is 16.5. The number of aliphatic hydroxyl groups is 1. The number of aliphatic imine (C=N–C) groups is 1. The molecule has 6 heteroatoms. The highest BCUT2D eigenvalue weighted by Gasteiger charge is 2.12. The Labute approximate surface area is 158 Å². The van der Waals surface area contributed by atoms with Gasteiger partial charge in [-0.05, 0) is 50.3 Å². The Kier molecular flexibility index (Phi) is 9.88. The summed E-state index contributed by atoms with van der Waals surface area (Å²) in [6.45, 7) is 9.65. The lowest BCUT2D eigenvalue weighted by molar-refractivity contribution is 0.186. The molecule has 6 nitrogen and oxygen atoms in total. The maximum Gasteiger partial charge on any atom is 0.191 e. The Morgan fingerprint density at radius 2 is 1.69 bits per heavy atom. The Bertz CT molecular complexity index is 539. The summed E-state index contributed by atoms with van der Waals surface area (Å²) >= 11 is 0. The number of ether oxygens (including phenoxy) is 2. The molecule has 0 aromatic heterocycles. The molecule has 26 heavy (non-hydrogen) atoms. The average Bonchev–Trinajstić information content (AvgIpc) is 2.63. The third kappa shape index (κ3) is 7.95. The molecule has 0 spiro atoms. The summed E-state index contributed by atoms with van der Waals surface area (Å²) in [5, 5.41) is 17.1. The summed E-state index contributed by atoms with van der Waals surface area (Å²) in [7, 11) is 3.18. The molecular formula is C20H35N3O3. The van der Waals surface area contributed by atoms with E-state index in [1.54, 1.807) is 32.4 Å². The molecule has 1 aromatic carbocycles. The van der Waals surface area contributed by atoms with Crippen LogP contribution in [0.1, 0.15) is 52.2 Å². The van der Waals surface area contributed by atoms with Crippen LogP contribution in [-0.2, 0) is 0 Å². The zero-order valence-corrected chi connectivity index (χ0v) is 17.0. The van der Waals surface area contributed by atoms with E-state index in [4.69, 9.17) is 9.47 Å². The van der Waals surface area contributed by atoms with Crippen molar-refractivity contribution in [3.8, 4) is 11.5 Å². The van der Waals surface area contributed by atoms with Gasteiger partial charge in [-0.25, -0.2) is 0 Å². The number of nitrogens with one attached hydrogen (secondary N) is 2. The van der Waals surface area contributed by atoms with E-state index < -0.39 is 6.10 Å². The van der Waals surface area contributed by atoms with E-state index in [9.17, 15) is 5.11 Å². The van der Waals surface area contributed by atoms with Crippen LogP contribution in [0.15, 0.2) is 23.2 Å². The standard InChI is InChI=1S/C20H35N3O3/c1-7-21-20(23-15(4)9-8-14(2)3)22-13-19(24)16-10-17(25-5)12-18(11-16)26-6/h10-12,14-15,19,24H,7-9,13H2,1-6H3,(H2,21,22,23). The molecular weight excluding hydrogens is 330 g/mol. The van der Waals surface area contributed by atoms with E-state index in [1.165, 1.54) is 6.42 Å². The molecule has 0 saturated heterocycles. The first-order valence-electron chi connectivity index (χ1n) is 9.35. The third-order valence-electron chi connectivity index (χ3n) is 4.09. The first kappa shape index (κ1) is 22.1. The molecule has 3 N–H and O–H groups in total. The van der Waals surface area contributed by atoms with Crippen LogP contribution in [0.5, 0.6) is 11.5 Å². The third-order valence-corrected chi connectivity index (χ3v) is 4.09. The maximum absolute atomic E-state index is 10.5. The molecule has 0 aliphatic heterocycles. The highest BCUT2D eigenvalue weighted by Crippen LogP contribution is 2.26. The van der Waals surface area contributed by atoms with Crippen LogP contribution in [0.4, 0.5) is 0 Å². The van der Waals surface area contributed by atoms with Gasteiger partial charge in [0, 0.05) is 18.7 Å². The average molecular weight is 366 g/mol.